The van der Waals surface area contributed by atoms with Crippen LogP contribution in [0.5, 0.6) is 0 Å². The van der Waals surface area contributed by atoms with Gasteiger partial charge in [0.05, 0.1) is 12.2 Å². The molecule has 3 atom stereocenters. The molecule has 3 heteroatoms. The minimum atomic E-state index is 0.555. The summed E-state index contributed by atoms with van der Waals surface area (Å²) in [6.45, 7) is 4.77. The van der Waals surface area contributed by atoms with Crippen molar-refractivity contribution in [2.45, 2.75) is 37.5 Å². The number of likely N-dealkylation sites (tertiary alicyclic amines) is 1. The van der Waals surface area contributed by atoms with Gasteiger partial charge in [-0.1, -0.05) is 0 Å². The third-order valence-electron chi connectivity index (χ3n) is 3.62. The van der Waals surface area contributed by atoms with Gasteiger partial charge < -0.3 is 10.1 Å². The Labute approximate surface area is 79.4 Å². The maximum absolute atomic E-state index is 5.82. The molecule has 0 spiro atoms. The maximum atomic E-state index is 5.82. The van der Waals surface area contributed by atoms with Gasteiger partial charge in [0.25, 0.3) is 0 Å². The summed E-state index contributed by atoms with van der Waals surface area (Å²) in [6.07, 6.45) is 5.03. The van der Waals surface area contributed by atoms with E-state index in [1.54, 1.807) is 0 Å². The van der Waals surface area contributed by atoms with Crippen molar-refractivity contribution >= 4 is 0 Å². The molecular formula is C10H18N2O. The Morgan fingerprint density at radius 3 is 2.46 bits per heavy atom. The lowest BCUT2D eigenvalue weighted by molar-refractivity contribution is -0.0500. The summed E-state index contributed by atoms with van der Waals surface area (Å²) in [6, 6.07) is 0.798. The van der Waals surface area contributed by atoms with E-state index in [2.05, 4.69) is 10.2 Å². The fraction of sp³-hybridized carbons (Fsp3) is 1.00. The topological polar surface area (TPSA) is 24.5 Å². The van der Waals surface area contributed by atoms with Gasteiger partial charge in [-0.15, -0.1) is 0 Å². The van der Waals surface area contributed by atoms with E-state index < -0.39 is 0 Å². The van der Waals surface area contributed by atoms with E-state index in [1.807, 2.05) is 0 Å². The van der Waals surface area contributed by atoms with Crippen molar-refractivity contribution in [2.24, 2.45) is 0 Å². The lowest BCUT2D eigenvalue weighted by atomic mass is 10.2. The summed E-state index contributed by atoms with van der Waals surface area (Å²) in [5.74, 6) is 0. The van der Waals surface area contributed by atoms with E-state index in [9.17, 15) is 0 Å². The van der Waals surface area contributed by atoms with Crippen LogP contribution in [0.2, 0.25) is 0 Å². The number of morpholine rings is 1. The zero-order valence-electron chi connectivity index (χ0n) is 8.04. The Hall–Kier alpha value is -0.120. The molecule has 0 aliphatic carbocycles. The number of rotatable bonds is 1. The SMILES string of the molecule is C1CC(N2CC3CCC(C2)O3)CN1. The van der Waals surface area contributed by atoms with Gasteiger partial charge in [-0.05, 0) is 25.8 Å². The number of nitrogens with one attached hydrogen (secondary N) is 1. The molecule has 3 aliphatic rings. The molecule has 0 aromatic heterocycles. The third-order valence-corrected chi connectivity index (χ3v) is 3.62. The Morgan fingerprint density at radius 2 is 1.85 bits per heavy atom. The molecule has 3 aliphatic heterocycles. The van der Waals surface area contributed by atoms with Crippen LogP contribution in [0.25, 0.3) is 0 Å². The molecule has 3 heterocycles. The first kappa shape index (κ1) is 8.21. The predicted octanol–water partition coefficient (Wildman–Crippen LogP) is 0.211. The normalized spacial score (nSPS) is 45.7. The quantitative estimate of drug-likeness (QED) is 0.627. The molecule has 0 saturated carbocycles. The first-order chi connectivity index (χ1) is 6.42. The Bertz CT molecular complexity index is 179. The van der Waals surface area contributed by atoms with Crippen LogP contribution in [0.4, 0.5) is 0 Å². The van der Waals surface area contributed by atoms with E-state index in [1.165, 1.54) is 45.4 Å². The molecule has 0 amide bonds. The van der Waals surface area contributed by atoms with E-state index in [0.29, 0.717) is 12.2 Å². The highest BCUT2D eigenvalue weighted by Gasteiger charge is 2.36. The molecule has 13 heavy (non-hydrogen) atoms. The second-order valence-electron chi connectivity index (χ2n) is 4.56. The second-order valence-corrected chi connectivity index (χ2v) is 4.56. The Balaban J connectivity index is 1.65. The van der Waals surface area contributed by atoms with Crippen LogP contribution in [0.15, 0.2) is 0 Å². The van der Waals surface area contributed by atoms with Crippen LogP contribution in [-0.4, -0.2) is 49.3 Å². The minimum Gasteiger partial charge on any atom is -0.372 e. The number of fused-ring (bicyclic) bond motifs is 2. The number of ether oxygens (including phenoxy) is 1. The third kappa shape index (κ3) is 1.49. The van der Waals surface area contributed by atoms with Crippen LogP contribution in [0, 0.1) is 0 Å². The summed E-state index contributed by atoms with van der Waals surface area (Å²) in [7, 11) is 0. The summed E-state index contributed by atoms with van der Waals surface area (Å²) in [5.41, 5.74) is 0. The molecule has 0 aromatic rings. The highest BCUT2D eigenvalue weighted by molar-refractivity contribution is 4.90. The van der Waals surface area contributed by atoms with E-state index >= 15 is 0 Å². The lowest BCUT2D eigenvalue weighted by Gasteiger charge is -2.35. The average Bonchev–Trinajstić information content (AvgIpc) is 2.75. The Kier molecular flexibility index (Phi) is 2.04. The van der Waals surface area contributed by atoms with Crippen LogP contribution in [0.3, 0.4) is 0 Å². The first-order valence-electron chi connectivity index (χ1n) is 5.52. The maximum Gasteiger partial charge on any atom is 0.0707 e. The first-order valence-corrected chi connectivity index (χ1v) is 5.52. The highest BCUT2D eigenvalue weighted by atomic mass is 16.5. The van der Waals surface area contributed by atoms with Crippen LogP contribution in [0.1, 0.15) is 19.3 Å². The largest absolute Gasteiger partial charge is 0.372 e. The van der Waals surface area contributed by atoms with Crippen LogP contribution < -0.4 is 5.32 Å². The molecule has 3 saturated heterocycles. The standard InChI is InChI=1S/C10H18N2O/c1-2-10-7-12(6-9(1)13-10)8-3-4-11-5-8/h8-11H,1-7H2. The van der Waals surface area contributed by atoms with Crippen molar-refractivity contribution in [2.75, 3.05) is 26.2 Å². The van der Waals surface area contributed by atoms with Crippen molar-refractivity contribution in [3.8, 4) is 0 Å². The monoisotopic (exact) mass is 182 g/mol. The van der Waals surface area contributed by atoms with Crippen molar-refractivity contribution in [1.29, 1.82) is 0 Å². The van der Waals surface area contributed by atoms with Gasteiger partial charge in [-0.25, -0.2) is 0 Å². The lowest BCUT2D eigenvalue weighted by Crippen LogP contribution is -2.48. The predicted molar refractivity (Wildman–Crippen MR) is 50.7 cm³/mol. The van der Waals surface area contributed by atoms with Crippen molar-refractivity contribution in [1.82, 2.24) is 10.2 Å². The van der Waals surface area contributed by atoms with E-state index in [-0.39, 0.29) is 0 Å². The van der Waals surface area contributed by atoms with Crippen molar-refractivity contribution in [3.05, 3.63) is 0 Å². The fourth-order valence-electron chi connectivity index (χ4n) is 2.90. The summed E-state index contributed by atoms with van der Waals surface area (Å²) >= 11 is 0. The average molecular weight is 182 g/mol. The number of hydrogen-bond acceptors (Lipinski definition) is 3. The number of hydrogen-bond donors (Lipinski definition) is 1. The van der Waals surface area contributed by atoms with Crippen LogP contribution in [-0.2, 0) is 4.74 Å². The fourth-order valence-corrected chi connectivity index (χ4v) is 2.90. The van der Waals surface area contributed by atoms with Crippen molar-refractivity contribution in [3.63, 3.8) is 0 Å². The molecule has 74 valence electrons. The second kappa shape index (κ2) is 3.23. The van der Waals surface area contributed by atoms with Crippen molar-refractivity contribution < 1.29 is 4.74 Å². The molecule has 0 aromatic carbocycles. The van der Waals surface area contributed by atoms with Gasteiger partial charge in [0.1, 0.15) is 0 Å². The molecule has 3 unspecified atom stereocenters. The van der Waals surface area contributed by atoms with Gasteiger partial charge in [-0.2, -0.15) is 0 Å². The molecule has 2 bridgehead atoms. The number of nitrogens with zero attached hydrogens (tertiary/aromatic N) is 1. The summed E-state index contributed by atoms with van der Waals surface area (Å²) < 4.78 is 5.82. The Morgan fingerprint density at radius 1 is 1.08 bits per heavy atom. The zero-order chi connectivity index (χ0) is 8.67. The van der Waals surface area contributed by atoms with Gasteiger partial charge in [0.15, 0.2) is 0 Å². The van der Waals surface area contributed by atoms with Crippen LogP contribution >= 0.6 is 0 Å². The van der Waals surface area contributed by atoms with E-state index in [0.717, 1.165) is 6.04 Å². The van der Waals surface area contributed by atoms with E-state index in [4.69, 9.17) is 4.74 Å². The zero-order valence-corrected chi connectivity index (χ0v) is 8.04. The summed E-state index contributed by atoms with van der Waals surface area (Å²) in [4.78, 5) is 2.64. The van der Waals surface area contributed by atoms with Gasteiger partial charge in [0.2, 0.25) is 0 Å². The molecule has 3 rings (SSSR count). The highest BCUT2D eigenvalue weighted by Crippen LogP contribution is 2.28. The van der Waals surface area contributed by atoms with Gasteiger partial charge >= 0.3 is 0 Å². The molecular weight excluding hydrogens is 164 g/mol. The molecule has 3 nitrogen and oxygen atoms in total. The smallest absolute Gasteiger partial charge is 0.0707 e. The summed E-state index contributed by atoms with van der Waals surface area (Å²) in [5, 5.41) is 3.44. The van der Waals surface area contributed by atoms with Gasteiger partial charge in [-0.3, -0.25) is 4.90 Å². The van der Waals surface area contributed by atoms with Gasteiger partial charge in [0, 0.05) is 25.7 Å². The molecule has 0 radical (unpaired) electrons. The molecule has 1 N–H and O–H groups in total. The minimum absolute atomic E-state index is 0.555. The molecule has 3 fully saturated rings.